The minimum absolute atomic E-state index is 0.199. The average molecular weight is 381 g/mol. The Morgan fingerprint density at radius 3 is 2.79 bits per heavy atom. The number of benzene rings is 1. The van der Waals surface area contributed by atoms with Gasteiger partial charge in [-0.25, -0.2) is 9.78 Å². The van der Waals surface area contributed by atoms with Crippen molar-refractivity contribution in [2.45, 2.75) is 19.3 Å². The Labute approximate surface area is 165 Å². The third-order valence-electron chi connectivity index (χ3n) is 5.12. The summed E-state index contributed by atoms with van der Waals surface area (Å²) in [6, 6.07) is 11.9. The number of fused-ring (bicyclic) bond motifs is 1. The summed E-state index contributed by atoms with van der Waals surface area (Å²) in [6.07, 6.45) is 2.95. The highest BCUT2D eigenvalue weighted by atomic mass is 16.5. The van der Waals surface area contributed by atoms with Gasteiger partial charge >= 0.3 is 6.03 Å². The summed E-state index contributed by atoms with van der Waals surface area (Å²) in [5, 5.41) is 9.12. The monoisotopic (exact) mass is 381 g/mol. The van der Waals surface area contributed by atoms with E-state index in [4.69, 9.17) is 4.74 Å². The van der Waals surface area contributed by atoms with Gasteiger partial charge in [-0.1, -0.05) is 6.07 Å². The number of aryl methyl sites for hydroxylation is 1. The molecule has 2 amide bonds. The minimum atomic E-state index is -0.199. The summed E-state index contributed by atoms with van der Waals surface area (Å²) in [6.45, 7) is 4.85. The third-order valence-corrected chi connectivity index (χ3v) is 5.12. The Morgan fingerprint density at radius 2 is 1.96 bits per heavy atom. The van der Waals surface area contributed by atoms with Crippen molar-refractivity contribution in [3.8, 4) is 0 Å². The van der Waals surface area contributed by atoms with E-state index in [9.17, 15) is 4.79 Å². The maximum Gasteiger partial charge on any atom is 0.319 e. The summed E-state index contributed by atoms with van der Waals surface area (Å²) >= 11 is 0. The maximum absolute atomic E-state index is 12.1. The minimum Gasteiger partial charge on any atom is -0.378 e. The number of hydrogen-bond acceptors (Lipinski definition) is 5. The summed E-state index contributed by atoms with van der Waals surface area (Å²) < 4.78 is 5.38. The number of pyridine rings is 1. The van der Waals surface area contributed by atoms with Gasteiger partial charge in [0, 0.05) is 49.7 Å². The summed E-state index contributed by atoms with van der Waals surface area (Å²) in [5.41, 5.74) is 4.21. The number of rotatable bonds is 5. The SMILES string of the molecule is O=C(NCCc1ccc2c(n1)NCCC2)Nc1ccc(N2CCOCC2)cc1. The van der Waals surface area contributed by atoms with E-state index in [1.807, 2.05) is 24.3 Å². The molecule has 0 radical (unpaired) electrons. The summed E-state index contributed by atoms with van der Waals surface area (Å²) in [7, 11) is 0. The molecule has 1 saturated heterocycles. The van der Waals surface area contributed by atoms with Crippen LogP contribution >= 0.6 is 0 Å². The fourth-order valence-electron chi connectivity index (χ4n) is 3.56. The first kappa shape index (κ1) is 18.6. The number of ether oxygens (including phenoxy) is 1. The Hall–Kier alpha value is -2.80. The van der Waals surface area contributed by atoms with Crippen LogP contribution in [0.25, 0.3) is 0 Å². The number of urea groups is 1. The number of hydrogen-bond donors (Lipinski definition) is 3. The zero-order valence-electron chi connectivity index (χ0n) is 16.0. The van der Waals surface area contributed by atoms with Gasteiger partial charge in [0.05, 0.1) is 13.2 Å². The first-order valence-electron chi connectivity index (χ1n) is 9.98. The molecule has 7 nitrogen and oxygen atoms in total. The van der Waals surface area contributed by atoms with Gasteiger partial charge < -0.3 is 25.6 Å². The number of carbonyl (C=O) groups excluding carboxylic acids is 1. The second-order valence-electron chi connectivity index (χ2n) is 7.12. The molecule has 2 aromatic rings. The van der Waals surface area contributed by atoms with E-state index >= 15 is 0 Å². The lowest BCUT2D eigenvalue weighted by molar-refractivity contribution is 0.122. The van der Waals surface area contributed by atoms with E-state index < -0.39 is 0 Å². The van der Waals surface area contributed by atoms with Gasteiger partial charge in [0.25, 0.3) is 0 Å². The number of aromatic nitrogens is 1. The van der Waals surface area contributed by atoms with Gasteiger partial charge in [-0.2, -0.15) is 0 Å². The van der Waals surface area contributed by atoms with Gasteiger partial charge in [0.1, 0.15) is 5.82 Å². The van der Waals surface area contributed by atoms with Crippen LogP contribution in [0.5, 0.6) is 0 Å². The second kappa shape index (κ2) is 8.93. The molecule has 0 spiro atoms. The zero-order valence-corrected chi connectivity index (χ0v) is 16.0. The Kier molecular flexibility index (Phi) is 5.92. The van der Waals surface area contributed by atoms with Crippen LogP contribution in [0, 0.1) is 0 Å². The molecule has 2 aliphatic rings. The topological polar surface area (TPSA) is 78.5 Å². The summed E-state index contributed by atoms with van der Waals surface area (Å²) in [4.78, 5) is 19.1. The van der Waals surface area contributed by atoms with Crippen LogP contribution in [0.2, 0.25) is 0 Å². The number of amides is 2. The molecule has 4 rings (SSSR count). The number of nitrogens with zero attached hydrogens (tertiary/aromatic N) is 2. The summed E-state index contributed by atoms with van der Waals surface area (Å²) in [5.74, 6) is 0.994. The smallest absolute Gasteiger partial charge is 0.319 e. The third kappa shape index (κ3) is 4.72. The molecule has 0 atom stereocenters. The molecular formula is C21H27N5O2. The number of carbonyl (C=O) groups is 1. The highest BCUT2D eigenvalue weighted by Crippen LogP contribution is 2.20. The molecule has 1 aromatic carbocycles. The molecule has 1 fully saturated rings. The van der Waals surface area contributed by atoms with Crippen LogP contribution in [-0.4, -0.2) is 50.4 Å². The molecule has 0 aliphatic carbocycles. The van der Waals surface area contributed by atoms with Crippen LogP contribution in [0.1, 0.15) is 17.7 Å². The largest absolute Gasteiger partial charge is 0.378 e. The van der Waals surface area contributed by atoms with E-state index in [-0.39, 0.29) is 6.03 Å². The predicted molar refractivity (Wildman–Crippen MR) is 111 cm³/mol. The fourth-order valence-corrected chi connectivity index (χ4v) is 3.56. The van der Waals surface area contributed by atoms with Gasteiger partial charge in [0.2, 0.25) is 0 Å². The maximum atomic E-state index is 12.1. The van der Waals surface area contributed by atoms with Gasteiger partial charge in [0.15, 0.2) is 0 Å². The Morgan fingerprint density at radius 1 is 1.14 bits per heavy atom. The molecule has 0 saturated carbocycles. The molecule has 28 heavy (non-hydrogen) atoms. The van der Waals surface area contributed by atoms with E-state index in [0.29, 0.717) is 13.0 Å². The van der Waals surface area contributed by atoms with Crippen molar-refractivity contribution in [2.24, 2.45) is 0 Å². The molecule has 0 unspecified atom stereocenters. The zero-order chi connectivity index (χ0) is 19.2. The predicted octanol–water partition coefficient (Wildman–Crippen LogP) is 2.64. The van der Waals surface area contributed by atoms with Crippen LogP contribution in [0.4, 0.5) is 22.0 Å². The van der Waals surface area contributed by atoms with Crippen LogP contribution in [0.15, 0.2) is 36.4 Å². The van der Waals surface area contributed by atoms with Crippen molar-refractivity contribution < 1.29 is 9.53 Å². The highest BCUT2D eigenvalue weighted by Gasteiger charge is 2.12. The standard InChI is InChI=1S/C21H27N5O2/c27-21(23-11-9-18-4-3-16-2-1-10-22-20(16)24-18)25-17-5-7-19(8-6-17)26-12-14-28-15-13-26/h3-8H,1-2,9-15H2,(H,22,24)(H2,23,25,27). The molecule has 148 valence electrons. The normalized spacial score (nSPS) is 16.1. The molecule has 3 N–H and O–H groups in total. The number of anilines is 3. The number of nitrogens with one attached hydrogen (secondary N) is 3. The van der Waals surface area contributed by atoms with E-state index in [0.717, 1.165) is 68.6 Å². The average Bonchev–Trinajstić information content (AvgIpc) is 2.75. The molecule has 7 heteroatoms. The second-order valence-corrected chi connectivity index (χ2v) is 7.12. The number of morpholine rings is 1. The van der Waals surface area contributed by atoms with Gasteiger partial charge in [-0.05, 0) is 48.7 Å². The lowest BCUT2D eigenvalue weighted by Crippen LogP contribution is -2.36. The van der Waals surface area contributed by atoms with Crippen LogP contribution in [0.3, 0.4) is 0 Å². The lowest BCUT2D eigenvalue weighted by Gasteiger charge is -2.28. The molecule has 0 bridgehead atoms. The van der Waals surface area contributed by atoms with Crippen molar-refractivity contribution in [3.63, 3.8) is 0 Å². The van der Waals surface area contributed by atoms with Crippen molar-refractivity contribution >= 4 is 23.2 Å². The van der Waals surface area contributed by atoms with Gasteiger partial charge in [-0.15, -0.1) is 0 Å². The quantitative estimate of drug-likeness (QED) is 0.742. The highest BCUT2D eigenvalue weighted by molar-refractivity contribution is 5.89. The van der Waals surface area contributed by atoms with Crippen LogP contribution < -0.4 is 20.9 Å². The first-order chi connectivity index (χ1) is 13.8. The molecule has 1 aromatic heterocycles. The molecule has 3 heterocycles. The van der Waals surface area contributed by atoms with Crippen molar-refractivity contribution in [2.75, 3.05) is 54.9 Å². The van der Waals surface area contributed by atoms with Crippen molar-refractivity contribution in [1.82, 2.24) is 10.3 Å². The molecular weight excluding hydrogens is 354 g/mol. The van der Waals surface area contributed by atoms with E-state index in [1.165, 1.54) is 5.56 Å². The van der Waals surface area contributed by atoms with Crippen molar-refractivity contribution in [1.29, 1.82) is 0 Å². The van der Waals surface area contributed by atoms with E-state index in [2.05, 4.69) is 38.0 Å². The first-order valence-corrected chi connectivity index (χ1v) is 9.98. The van der Waals surface area contributed by atoms with E-state index in [1.54, 1.807) is 0 Å². The van der Waals surface area contributed by atoms with Crippen molar-refractivity contribution in [3.05, 3.63) is 47.7 Å². The lowest BCUT2D eigenvalue weighted by atomic mass is 10.1. The van der Waals surface area contributed by atoms with Crippen LogP contribution in [-0.2, 0) is 17.6 Å². The Balaban J connectivity index is 1.23. The Bertz CT molecular complexity index is 803. The molecule has 2 aliphatic heterocycles. The fraction of sp³-hybridized carbons (Fsp3) is 0.429. The van der Waals surface area contributed by atoms with Gasteiger partial charge in [-0.3, -0.25) is 0 Å².